The third-order valence-corrected chi connectivity index (χ3v) is 10.0. The highest BCUT2D eigenvalue weighted by atomic mass is 32.2. The molecule has 4 aromatic rings. The van der Waals surface area contributed by atoms with Crippen molar-refractivity contribution in [1.82, 2.24) is 8.87 Å². The highest BCUT2D eigenvalue weighted by Crippen LogP contribution is 2.30. The number of aromatic nitrogens is 1. The largest absolute Gasteiger partial charge is 0.573 e. The molecule has 1 aliphatic rings. The van der Waals surface area contributed by atoms with Gasteiger partial charge < -0.3 is 18.8 Å². The van der Waals surface area contributed by atoms with Crippen LogP contribution in [0.1, 0.15) is 24.8 Å². The van der Waals surface area contributed by atoms with Crippen molar-refractivity contribution in [2.75, 3.05) is 27.3 Å². The molecule has 1 aliphatic heterocycles. The van der Waals surface area contributed by atoms with Crippen molar-refractivity contribution in [3.05, 3.63) is 82.5 Å². The van der Waals surface area contributed by atoms with Crippen LogP contribution in [-0.2, 0) is 23.0 Å². The lowest BCUT2D eigenvalue weighted by Gasteiger charge is -2.25. The van der Waals surface area contributed by atoms with Gasteiger partial charge in [-0.15, -0.1) is 24.5 Å². The Bertz CT molecular complexity index is 1740. The Labute approximate surface area is 258 Å². The van der Waals surface area contributed by atoms with E-state index in [4.69, 9.17) is 14.5 Å². The molecule has 1 fully saturated rings. The number of sulfonamides is 1. The number of aryl methyl sites for hydroxylation is 1. The molecule has 3 aromatic carbocycles. The number of methoxy groups -OCH3 is 2. The van der Waals surface area contributed by atoms with E-state index in [-0.39, 0.29) is 10.6 Å². The lowest BCUT2D eigenvalue weighted by molar-refractivity contribution is -0.274. The molecular formula is C31H32F3N3O5S2. The second-order valence-corrected chi connectivity index (χ2v) is 12.9. The number of hydrogen-bond donors (Lipinski definition) is 0. The predicted molar refractivity (Wildman–Crippen MR) is 162 cm³/mol. The van der Waals surface area contributed by atoms with Crippen LogP contribution in [0, 0.1) is 0 Å². The SMILES string of the molecule is COc1ccc(CCn2c(-c3ccc(S(=O)(=O)N4CCCCC4)cc3)csc2=Nc2ccc(OC(F)(F)F)cc2)cc1OC. The zero-order valence-electron chi connectivity index (χ0n) is 24.2. The van der Waals surface area contributed by atoms with E-state index in [0.717, 1.165) is 36.1 Å². The molecule has 234 valence electrons. The lowest BCUT2D eigenvalue weighted by Crippen LogP contribution is -2.35. The first-order valence-electron chi connectivity index (χ1n) is 14.0. The van der Waals surface area contributed by atoms with Crippen LogP contribution in [0.15, 0.2) is 82.0 Å². The summed E-state index contributed by atoms with van der Waals surface area (Å²) < 4.78 is 82.5. The van der Waals surface area contributed by atoms with E-state index in [9.17, 15) is 21.6 Å². The molecule has 0 saturated carbocycles. The number of nitrogens with zero attached hydrogens (tertiary/aromatic N) is 3. The molecule has 0 N–H and O–H groups in total. The van der Waals surface area contributed by atoms with Crippen molar-refractivity contribution >= 4 is 27.0 Å². The molecule has 0 atom stereocenters. The normalized spacial score (nSPS) is 14.9. The summed E-state index contributed by atoms with van der Waals surface area (Å²) in [6.07, 6.45) is -1.42. The summed E-state index contributed by atoms with van der Waals surface area (Å²) in [5.41, 5.74) is 3.08. The van der Waals surface area contributed by atoms with Gasteiger partial charge >= 0.3 is 6.36 Å². The summed E-state index contributed by atoms with van der Waals surface area (Å²) in [4.78, 5) is 5.59. The molecule has 8 nitrogen and oxygen atoms in total. The molecule has 5 rings (SSSR count). The Balaban J connectivity index is 1.48. The number of hydrogen-bond acceptors (Lipinski definition) is 7. The maximum atomic E-state index is 13.2. The van der Waals surface area contributed by atoms with Gasteiger partial charge in [-0.1, -0.05) is 24.6 Å². The van der Waals surface area contributed by atoms with Crippen LogP contribution < -0.4 is 19.0 Å². The van der Waals surface area contributed by atoms with E-state index >= 15 is 0 Å². The molecule has 0 radical (unpaired) electrons. The van der Waals surface area contributed by atoms with Crippen LogP contribution >= 0.6 is 11.3 Å². The van der Waals surface area contributed by atoms with Crippen LogP contribution in [0.2, 0.25) is 0 Å². The number of halogens is 3. The maximum absolute atomic E-state index is 13.2. The van der Waals surface area contributed by atoms with Crippen molar-refractivity contribution in [3.63, 3.8) is 0 Å². The minimum atomic E-state index is -4.78. The molecule has 13 heteroatoms. The van der Waals surface area contributed by atoms with Crippen molar-refractivity contribution < 1.29 is 35.8 Å². The molecule has 44 heavy (non-hydrogen) atoms. The Hall–Kier alpha value is -3.81. The smallest absolute Gasteiger partial charge is 0.493 e. The highest BCUT2D eigenvalue weighted by molar-refractivity contribution is 7.89. The molecule has 0 spiro atoms. The van der Waals surface area contributed by atoms with Gasteiger partial charge in [-0.2, -0.15) is 4.31 Å². The number of benzene rings is 3. The maximum Gasteiger partial charge on any atom is 0.573 e. The lowest BCUT2D eigenvalue weighted by atomic mass is 10.1. The van der Waals surface area contributed by atoms with Gasteiger partial charge in [0, 0.05) is 25.0 Å². The summed E-state index contributed by atoms with van der Waals surface area (Å²) in [5, 5.41) is 1.93. The predicted octanol–water partition coefficient (Wildman–Crippen LogP) is 6.78. The molecule has 0 unspecified atom stereocenters. The van der Waals surface area contributed by atoms with Gasteiger partial charge in [-0.05, 0) is 78.9 Å². The summed E-state index contributed by atoms with van der Waals surface area (Å²) in [7, 11) is -0.425. The minimum absolute atomic E-state index is 0.251. The summed E-state index contributed by atoms with van der Waals surface area (Å²) in [5.74, 6) is 0.898. The van der Waals surface area contributed by atoms with E-state index in [1.165, 1.54) is 35.6 Å². The first-order valence-corrected chi connectivity index (χ1v) is 16.3. The molecule has 1 saturated heterocycles. The van der Waals surface area contributed by atoms with Gasteiger partial charge in [0.05, 0.1) is 30.5 Å². The van der Waals surface area contributed by atoms with Gasteiger partial charge in [0.2, 0.25) is 10.0 Å². The highest BCUT2D eigenvalue weighted by Gasteiger charge is 2.31. The first-order chi connectivity index (χ1) is 21.1. The summed E-state index contributed by atoms with van der Waals surface area (Å²) in [6, 6.07) is 17.9. The topological polar surface area (TPSA) is 82.4 Å². The molecule has 0 aliphatic carbocycles. The number of rotatable bonds is 10. The van der Waals surface area contributed by atoms with E-state index in [0.29, 0.717) is 48.0 Å². The second kappa shape index (κ2) is 13.4. The fourth-order valence-electron chi connectivity index (χ4n) is 5.03. The average molecular weight is 648 g/mol. The number of thiazole rings is 1. The standard InChI is InChI=1S/C31H32F3N3O5S2/c1-40-28-15-6-22(20-29(28)41-2)16-19-37-27(21-43-30(37)35-24-9-11-25(12-10-24)42-31(32,33)34)23-7-13-26(14-8-23)44(38,39)36-17-4-3-5-18-36/h6-15,20-21H,3-5,16-19H2,1-2H3. The fraction of sp³-hybridized carbons (Fsp3) is 0.323. The van der Waals surface area contributed by atoms with Crippen LogP contribution in [0.4, 0.5) is 18.9 Å². The fourth-order valence-corrected chi connectivity index (χ4v) is 7.50. The minimum Gasteiger partial charge on any atom is -0.493 e. The van der Waals surface area contributed by atoms with E-state index in [1.807, 2.05) is 28.1 Å². The molecule has 0 amide bonds. The third-order valence-electron chi connectivity index (χ3n) is 7.27. The Morgan fingerprint density at radius 1 is 0.886 bits per heavy atom. The van der Waals surface area contributed by atoms with E-state index in [1.54, 1.807) is 42.8 Å². The summed E-state index contributed by atoms with van der Waals surface area (Å²) in [6.45, 7) is 1.56. The van der Waals surface area contributed by atoms with Gasteiger partial charge in [-0.25, -0.2) is 13.4 Å². The average Bonchev–Trinajstić information content (AvgIpc) is 3.42. The van der Waals surface area contributed by atoms with Gasteiger partial charge in [0.1, 0.15) is 5.75 Å². The molecular weight excluding hydrogens is 615 g/mol. The van der Waals surface area contributed by atoms with Crippen LogP contribution in [0.5, 0.6) is 17.2 Å². The first kappa shape index (κ1) is 31.6. The number of piperidine rings is 1. The van der Waals surface area contributed by atoms with E-state index < -0.39 is 16.4 Å². The monoisotopic (exact) mass is 647 g/mol. The van der Waals surface area contributed by atoms with Crippen molar-refractivity contribution in [2.24, 2.45) is 4.99 Å². The quantitative estimate of drug-likeness (QED) is 0.190. The Morgan fingerprint density at radius 2 is 1.57 bits per heavy atom. The van der Waals surface area contributed by atoms with Crippen LogP contribution in [0.3, 0.4) is 0 Å². The zero-order valence-corrected chi connectivity index (χ0v) is 25.8. The zero-order chi connectivity index (χ0) is 31.3. The van der Waals surface area contributed by atoms with Gasteiger partial charge in [-0.3, -0.25) is 0 Å². The van der Waals surface area contributed by atoms with Crippen molar-refractivity contribution in [1.29, 1.82) is 0 Å². The Kier molecular flexibility index (Phi) is 9.66. The third kappa shape index (κ3) is 7.45. The Morgan fingerprint density at radius 3 is 2.20 bits per heavy atom. The molecule has 0 bridgehead atoms. The second-order valence-electron chi connectivity index (χ2n) is 10.1. The van der Waals surface area contributed by atoms with Crippen LogP contribution in [-0.4, -0.2) is 51.0 Å². The van der Waals surface area contributed by atoms with Gasteiger partial charge in [0.15, 0.2) is 16.3 Å². The molecule has 1 aromatic heterocycles. The van der Waals surface area contributed by atoms with E-state index in [2.05, 4.69) is 4.74 Å². The van der Waals surface area contributed by atoms with Gasteiger partial charge in [0.25, 0.3) is 0 Å². The van der Waals surface area contributed by atoms with Crippen LogP contribution in [0.25, 0.3) is 11.3 Å². The number of ether oxygens (including phenoxy) is 3. The van der Waals surface area contributed by atoms with Crippen molar-refractivity contribution in [3.8, 4) is 28.5 Å². The van der Waals surface area contributed by atoms with Crippen molar-refractivity contribution in [2.45, 2.75) is 43.5 Å². The molecule has 2 heterocycles. The number of alkyl halides is 3. The summed E-state index contributed by atoms with van der Waals surface area (Å²) >= 11 is 1.38.